The third-order valence-electron chi connectivity index (χ3n) is 6.49. The van der Waals surface area contributed by atoms with Gasteiger partial charge in [-0.2, -0.15) is 13.2 Å². The Morgan fingerprint density at radius 1 is 0.872 bits per heavy atom. The molecule has 1 heterocycles. The standard InChI is InChI=1S/C30H21F5N2O2/c1-39-27(38)17-26-24-6-3-7-25(32)28(24)36-29(37(26)23-5-2-4-21(16-23)30(33,34)35)20-10-8-18(9-11-20)19-12-14-22(31)15-13-19/h2-16,26H,17H2,1H3. The van der Waals surface area contributed by atoms with Crippen molar-refractivity contribution in [2.75, 3.05) is 12.0 Å². The van der Waals surface area contributed by atoms with Crippen molar-refractivity contribution in [2.45, 2.75) is 18.6 Å². The topological polar surface area (TPSA) is 41.9 Å². The van der Waals surface area contributed by atoms with E-state index in [1.165, 1.54) is 48.4 Å². The first-order valence-corrected chi connectivity index (χ1v) is 11.9. The van der Waals surface area contributed by atoms with Gasteiger partial charge in [0.1, 0.15) is 23.2 Å². The van der Waals surface area contributed by atoms with Gasteiger partial charge in [-0.25, -0.2) is 13.8 Å². The van der Waals surface area contributed by atoms with E-state index in [2.05, 4.69) is 4.99 Å². The quantitative estimate of drug-likeness (QED) is 0.193. The van der Waals surface area contributed by atoms with E-state index in [9.17, 15) is 26.7 Å². The Bertz CT molecular complexity index is 1550. The number of esters is 1. The lowest BCUT2D eigenvalue weighted by atomic mass is 9.94. The van der Waals surface area contributed by atoms with Crippen molar-refractivity contribution in [3.63, 3.8) is 0 Å². The predicted octanol–water partition coefficient (Wildman–Crippen LogP) is 7.85. The summed E-state index contributed by atoms with van der Waals surface area (Å²) in [6.45, 7) is 0. The number of carbonyl (C=O) groups is 1. The van der Waals surface area contributed by atoms with Gasteiger partial charge in [-0.05, 0) is 47.5 Å². The Morgan fingerprint density at radius 3 is 2.13 bits per heavy atom. The van der Waals surface area contributed by atoms with E-state index in [0.29, 0.717) is 11.1 Å². The number of anilines is 1. The van der Waals surface area contributed by atoms with Gasteiger partial charge in [-0.3, -0.25) is 4.79 Å². The minimum absolute atomic E-state index is 0.00719. The Hall–Kier alpha value is -4.53. The van der Waals surface area contributed by atoms with E-state index in [4.69, 9.17) is 4.74 Å². The molecule has 1 aliphatic rings. The van der Waals surface area contributed by atoms with Crippen LogP contribution in [0.25, 0.3) is 11.1 Å². The molecule has 0 bridgehead atoms. The van der Waals surface area contributed by atoms with E-state index in [1.807, 2.05) is 0 Å². The highest BCUT2D eigenvalue weighted by Gasteiger charge is 2.37. The summed E-state index contributed by atoms with van der Waals surface area (Å²) >= 11 is 0. The largest absolute Gasteiger partial charge is 0.469 e. The number of carbonyl (C=O) groups excluding carboxylic acids is 1. The normalized spacial score (nSPS) is 15.0. The fraction of sp³-hybridized carbons (Fsp3) is 0.133. The molecular formula is C30H21F5N2O2. The Morgan fingerprint density at radius 2 is 1.49 bits per heavy atom. The third kappa shape index (κ3) is 5.25. The van der Waals surface area contributed by atoms with Crippen molar-refractivity contribution in [1.82, 2.24) is 0 Å². The summed E-state index contributed by atoms with van der Waals surface area (Å²) in [6, 6.07) is 20.8. The van der Waals surface area contributed by atoms with Crippen LogP contribution in [0, 0.1) is 11.6 Å². The van der Waals surface area contributed by atoms with Crippen LogP contribution in [0.15, 0.2) is 96.0 Å². The highest BCUT2D eigenvalue weighted by molar-refractivity contribution is 6.13. The molecule has 198 valence electrons. The van der Waals surface area contributed by atoms with Gasteiger partial charge in [0.2, 0.25) is 0 Å². The van der Waals surface area contributed by atoms with E-state index >= 15 is 0 Å². The van der Waals surface area contributed by atoms with Gasteiger partial charge in [0, 0.05) is 16.8 Å². The smallest absolute Gasteiger partial charge is 0.416 e. The van der Waals surface area contributed by atoms with E-state index in [0.717, 1.165) is 23.3 Å². The zero-order valence-corrected chi connectivity index (χ0v) is 20.5. The maximum Gasteiger partial charge on any atom is 0.416 e. The fourth-order valence-electron chi connectivity index (χ4n) is 4.60. The van der Waals surface area contributed by atoms with Crippen molar-refractivity contribution in [3.8, 4) is 11.1 Å². The van der Waals surface area contributed by atoms with Crippen LogP contribution in [0.4, 0.5) is 33.3 Å². The van der Waals surface area contributed by atoms with Gasteiger partial charge in [-0.1, -0.05) is 54.6 Å². The first-order chi connectivity index (χ1) is 18.7. The molecule has 4 nitrogen and oxygen atoms in total. The number of rotatable bonds is 5. The predicted molar refractivity (Wildman–Crippen MR) is 138 cm³/mol. The SMILES string of the molecule is COC(=O)CC1c2cccc(F)c2N=C(c2ccc(-c3ccc(F)cc3)cc2)N1c1cccc(C(F)(F)F)c1. The molecule has 0 aliphatic carbocycles. The molecule has 1 unspecified atom stereocenters. The third-order valence-corrected chi connectivity index (χ3v) is 6.49. The average Bonchev–Trinajstić information content (AvgIpc) is 2.93. The number of hydrogen-bond acceptors (Lipinski definition) is 4. The van der Waals surface area contributed by atoms with Gasteiger partial charge >= 0.3 is 12.1 Å². The van der Waals surface area contributed by atoms with Crippen LogP contribution in [0.2, 0.25) is 0 Å². The molecule has 0 amide bonds. The molecule has 4 aromatic rings. The van der Waals surface area contributed by atoms with E-state index in [-0.39, 0.29) is 29.4 Å². The number of para-hydroxylation sites is 1. The zero-order chi connectivity index (χ0) is 27.7. The van der Waals surface area contributed by atoms with E-state index < -0.39 is 29.6 Å². The zero-order valence-electron chi connectivity index (χ0n) is 20.5. The lowest BCUT2D eigenvalue weighted by Crippen LogP contribution is -2.39. The van der Waals surface area contributed by atoms with Crippen molar-refractivity contribution in [2.24, 2.45) is 4.99 Å². The lowest BCUT2D eigenvalue weighted by molar-refractivity contribution is -0.141. The summed E-state index contributed by atoms with van der Waals surface area (Å²) in [6.07, 6.45) is -4.88. The van der Waals surface area contributed by atoms with Crippen LogP contribution in [-0.2, 0) is 15.7 Å². The maximum atomic E-state index is 15.0. The summed E-state index contributed by atoms with van der Waals surface area (Å²) in [5.41, 5.74) is 1.56. The molecule has 0 fully saturated rings. The van der Waals surface area contributed by atoms with E-state index in [1.54, 1.807) is 42.5 Å². The molecular weight excluding hydrogens is 515 g/mol. The summed E-state index contributed by atoms with van der Waals surface area (Å²) in [5, 5.41) is 0. The molecule has 5 rings (SSSR count). The monoisotopic (exact) mass is 536 g/mol. The second kappa shape index (κ2) is 10.3. The Balaban J connectivity index is 1.69. The molecule has 4 aromatic carbocycles. The van der Waals surface area contributed by atoms with Crippen molar-refractivity contribution >= 4 is 23.2 Å². The summed E-state index contributed by atoms with van der Waals surface area (Å²) < 4.78 is 74.2. The number of benzene rings is 4. The number of ether oxygens (including phenoxy) is 1. The van der Waals surface area contributed by atoms with Crippen LogP contribution in [0.3, 0.4) is 0 Å². The minimum atomic E-state index is -4.61. The second-order valence-electron chi connectivity index (χ2n) is 8.91. The van der Waals surface area contributed by atoms with Crippen molar-refractivity contribution < 1.29 is 31.5 Å². The first kappa shape index (κ1) is 26.1. The molecule has 9 heteroatoms. The highest BCUT2D eigenvalue weighted by Crippen LogP contribution is 2.43. The number of methoxy groups -OCH3 is 1. The summed E-state index contributed by atoms with van der Waals surface area (Å²) in [4.78, 5) is 18.5. The molecule has 0 radical (unpaired) electrons. The first-order valence-electron chi connectivity index (χ1n) is 11.9. The molecule has 0 saturated heterocycles. The molecule has 1 atom stereocenters. The minimum Gasteiger partial charge on any atom is -0.469 e. The van der Waals surface area contributed by atoms with Gasteiger partial charge in [-0.15, -0.1) is 0 Å². The second-order valence-corrected chi connectivity index (χ2v) is 8.91. The Kier molecular flexibility index (Phi) is 6.91. The lowest BCUT2D eigenvalue weighted by Gasteiger charge is -2.38. The van der Waals surface area contributed by atoms with Gasteiger partial charge in [0.15, 0.2) is 0 Å². The molecule has 0 saturated carbocycles. The number of amidine groups is 1. The molecule has 0 spiro atoms. The van der Waals surface area contributed by atoms with Crippen molar-refractivity contribution in [3.05, 3.63) is 119 Å². The maximum absolute atomic E-state index is 15.0. The number of aliphatic imine (C=N–C) groups is 1. The van der Waals surface area contributed by atoms with Gasteiger partial charge in [0.05, 0.1) is 25.1 Å². The molecule has 1 aliphatic heterocycles. The number of alkyl halides is 3. The van der Waals surface area contributed by atoms with Crippen molar-refractivity contribution in [1.29, 1.82) is 0 Å². The fourth-order valence-corrected chi connectivity index (χ4v) is 4.60. The average molecular weight is 537 g/mol. The summed E-state index contributed by atoms with van der Waals surface area (Å²) in [5.74, 6) is -1.47. The molecule has 0 N–H and O–H groups in total. The number of nitrogens with zero attached hydrogens (tertiary/aromatic N) is 2. The van der Waals surface area contributed by atoms with Crippen LogP contribution in [-0.4, -0.2) is 18.9 Å². The Labute approximate surface area is 221 Å². The van der Waals surface area contributed by atoms with Crippen LogP contribution in [0.1, 0.15) is 29.2 Å². The van der Waals surface area contributed by atoms with Gasteiger partial charge in [0.25, 0.3) is 0 Å². The highest BCUT2D eigenvalue weighted by atomic mass is 19.4. The number of halogens is 5. The molecule has 0 aromatic heterocycles. The number of hydrogen-bond donors (Lipinski definition) is 0. The van der Waals surface area contributed by atoms with Crippen LogP contribution in [0.5, 0.6) is 0 Å². The van der Waals surface area contributed by atoms with Crippen LogP contribution < -0.4 is 4.90 Å². The number of fused-ring (bicyclic) bond motifs is 1. The molecule has 39 heavy (non-hydrogen) atoms. The van der Waals surface area contributed by atoms with Gasteiger partial charge < -0.3 is 9.64 Å². The summed E-state index contributed by atoms with van der Waals surface area (Å²) in [7, 11) is 1.20. The van der Waals surface area contributed by atoms with Crippen LogP contribution >= 0.6 is 0 Å².